The van der Waals surface area contributed by atoms with Crippen LogP contribution in [0.4, 0.5) is 9.59 Å². The molecule has 2 bridgehead atoms. The van der Waals surface area contributed by atoms with Crippen LogP contribution in [0.3, 0.4) is 0 Å². The van der Waals surface area contributed by atoms with Gasteiger partial charge in [-0.2, -0.15) is 5.26 Å². The first-order chi connectivity index (χ1) is 24.7. The van der Waals surface area contributed by atoms with Gasteiger partial charge in [0.1, 0.15) is 5.92 Å². The summed E-state index contributed by atoms with van der Waals surface area (Å²) in [5.74, 6) is -0.518. The van der Waals surface area contributed by atoms with Gasteiger partial charge in [-0.25, -0.2) is 9.59 Å². The van der Waals surface area contributed by atoms with E-state index in [1.807, 2.05) is 37.3 Å². The van der Waals surface area contributed by atoms with Gasteiger partial charge < -0.3 is 33.9 Å². The van der Waals surface area contributed by atoms with Crippen LogP contribution in [0.1, 0.15) is 72.8 Å². The molecule has 0 aromatic heterocycles. The van der Waals surface area contributed by atoms with Crippen LogP contribution in [-0.4, -0.2) is 116 Å². The molecule has 7 rings (SSSR count). The highest BCUT2D eigenvalue weighted by molar-refractivity contribution is 6.47. The maximum Gasteiger partial charge on any atom is 0.482 e. The number of hydrogen-bond donors (Lipinski definition) is 1. The summed E-state index contributed by atoms with van der Waals surface area (Å²) < 4.78 is 24.0. The molecule has 284 valence electrons. The first-order valence-corrected chi connectivity index (χ1v) is 19.2. The Bertz CT molecular complexity index is 1500. The summed E-state index contributed by atoms with van der Waals surface area (Å²) >= 11 is 0. The van der Waals surface area contributed by atoms with E-state index in [2.05, 4.69) is 50.9 Å². The number of ether oxygens (including phenoxy) is 2. The highest BCUT2D eigenvalue weighted by atomic mass is 16.7. The Kier molecular flexibility index (Phi) is 11.2. The molecule has 2 unspecified atom stereocenters. The predicted octanol–water partition coefficient (Wildman–Crippen LogP) is 4.77. The second-order valence-corrected chi connectivity index (χ2v) is 17.4. The van der Waals surface area contributed by atoms with Gasteiger partial charge in [-0.3, -0.25) is 9.69 Å². The van der Waals surface area contributed by atoms with Crippen LogP contribution in [0, 0.1) is 46.3 Å². The van der Waals surface area contributed by atoms with Crippen molar-refractivity contribution in [3.8, 4) is 6.07 Å². The highest BCUT2D eigenvalue weighted by Crippen LogP contribution is 2.65. The molecule has 3 amide bonds. The average Bonchev–Trinajstić information content (AvgIpc) is 3.75. The number of alkyl carbamates (subject to hydrolysis) is 1. The smallest absolute Gasteiger partial charge is 0.453 e. The number of amides is 3. The average molecular weight is 720 g/mol. The van der Waals surface area contributed by atoms with Crippen molar-refractivity contribution < 1.29 is 33.2 Å². The molecule has 3 saturated carbocycles. The number of benzene rings is 1. The summed E-state index contributed by atoms with van der Waals surface area (Å²) in [6, 6.07) is 12.3. The minimum atomic E-state index is -0.772. The van der Waals surface area contributed by atoms with Gasteiger partial charge in [-0.05, 0) is 81.6 Å². The van der Waals surface area contributed by atoms with Crippen LogP contribution in [0.15, 0.2) is 30.3 Å². The lowest BCUT2D eigenvalue weighted by atomic mass is 9.43. The van der Waals surface area contributed by atoms with E-state index in [1.54, 1.807) is 9.80 Å². The zero-order chi connectivity index (χ0) is 37.4. The quantitative estimate of drug-likeness (QED) is 0.321. The van der Waals surface area contributed by atoms with Crippen molar-refractivity contribution >= 4 is 25.2 Å². The monoisotopic (exact) mass is 719 g/mol. The van der Waals surface area contributed by atoms with Crippen LogP contribution in [0.2, 0.25) is 0 Å². The Hall–Kier alpha value is -3.34. The van der Waals surface area contributed by atoms with Gasteiger partial charge >= 0.3 is 19.3 Å². The second-order valence-electron chi connectivity index (χ2n) is 17.4. The van der Waals surface area contributed by atoms with Crippen molar-refractivity contribution in [2.45, 2.75) is 96.8 Å². The number of rotatable bonds is 11. The standard InChI is InChI=1S/C39H58BN5O7/c1-26(22-37(2,3)45-17-15-43(16-18-45)36(48)49-7)30(23-41)34(46)44-14-13-28(24-44)25-50-35(47)42-33(19-27-11-9-8-10-12-27)40-51-32-21-29-20-31(38(29,4)5)39(32,6)52-40/h8-12,26,28-33H,13-22,24-25H2,1-7H3,(H,42,47)/t26?,28-,29-,30?,31-,32+,33-,39-/m0/s1. The van der Waals surface area contributed by atoms with E-state index in [-0.39, 0.29) is 53.1 Å². The molecule has 1 aromatic rings. The van der Waals surface area contributed by atoms with Crippen LogP contribution in [0.25, 0.3) is 0 Å². The molecule has 3 heterocycles. The van der Waals surface area contributed by atoms with Gasteiger partial charge in [0.2, 0.25) is 5.91 Å². The molecule has 1 N–H and O–H groups in total. The first kappa shape index (κ1) is 38.4. The number of nitriles is 1. The Balaban J connectivity index is 0.998. The maximum atomic E-state index is 13.7. The van der Waals surface area contributed by atoms with E-state index in [0.717, 1.165) is 18.4 Å². The van der Waals surface area contributed by atoms with Crippen molar-refractivity contribution in [1.29, 1.82) is 5.26 Å². The number of nitrogens with zero attached hydrogens (tertiary/aromatic N) is 4. The van der Waals surface area contributed by atoms with Gasteiger partial charge in [0.25, 0.3) is 0 Å². The zero-order valence-electron chi connectivity index (χ0n) is 32.1. The number of nitrogens with one attached hydrogen (secondary N) is 1. The van der Waals surface area contributed by atoms with Gasteiger partial charge in [0.05, 0.1) is 37.4 Å². The number of hydrogen-bond acceptors (Lipinski definition) is 9. The molecular formula is C39H58BN5O7. The number of carbonyl (C=O) groups is 3. The lowest BCUT2D eigenvalue weighted by molar-refractivity contribution is -0.199. The molecule has 52 heavy (non-hydrogen) atoms. The fraction of sp³-hybridized carbons (Fsp3) is 0.744. The third kappa shape index (κ3) is 7.67. The Morgan fingerprint density at radius 2 is 1.79 bits per heavy atom. The first-order valence-electron chi connectivity index (χ1n) is 19.2. The predicted molar refractivity (Wildman–Crippen MR) is 196 cm³/mol. The molecular weight excluding hydrogens is 661 g/mol. The molecule has 3 saturated heterocycles. The van der Waals surface area contributed by atoms with E-state index in [9.17, 15) is 19.6 Å². The SMILES string of the molecule is COC(=O)N1CCN(C(C)(C)CC(C)C(C#N)C(=O)N2CC[C@H](COC(=O)N[C@@H](Cc3ccccc3)B3O[C@@H]4C[C@@H]5C[C@@H](C5(C)C)[C@]4(C)O3)C2)CC1. The Labute approximate surface area is 309 Å². The van der Waals surface area contributed by atoms with Crippen molar-refractivity contribution in [3.05, 3.63) is 35.9 Å². The summed E-state index contributed by atoms with van der Waals surface area (Å²) in [5.41, 5.74) is 0.637. The van der Waals surface area contributed by atoms with Crippen molar-refractivity contribution in [1.82, 2.24) is 20.0 Å². The van der Waals surface area contributed by atoms with Gasteiger partial charge in [-0.15, -0.1) is 0 Å². The van der Waals surface area contributed by atoms with Gasteiger partial charge in [0.15, 0.2) is 0 Å². The van der Waals surface area contributed by atoms with E-state index >= 15 is 0 Å². The normalized spacial score (nSPS) is 30.0. The largest absolute Gasteiger partial charge is 0.482 e. The summed E-state index contributed by atoms with van der Waals surface area (Å²) in [6.45, 7) is 16.8. The Morgan fingerprint density at radius 1 is 1.08 bits per heavy atom. The minimum absolute atomic E-state index is 0.00201. The topological polar surface area (TPSA) is 134 Å². The van der Waals surface area contributed by atoms with Crippen molar-refractivity contribution in [2.75, 3.05) is 53.0 Å². The molecule has 1 aromatic carbocycles. The summed E-state index contributed by atoms with van der Waals surface area (Å²) in [6.07, 6.45) is 3.18. The summed E-state index contributed by atoms with van der Waals surface area (Å²) in [5, 5.41) is 13.2. The lowest BCUT2D eigenvalue weighted by Gasteiger charge is -2.64. The summed E-state index contributed by atoms with van der Waals surface area (Å²) in [4.78, 5) is 44.7. The van der Waals surface area contributed by atoms with E-state index in [4.69, 9.17) is 18.8 Å². The number of likely N-dealkylation sites (tertiary alicyclic amines) is 1. The molecule has 3 aliphatic carbocycles. The molecule has 0 radical (unpaired) electrons. The van der Waals surface area contributed by atoms with E-state index < -0.39 is 25.1 Å². The third-order valence-electron chi connectivity index (χ3n) is 13.3. The number of carbonyl (C=O) groups excluding carboxylic acids is 3. The third-order valence-corrected chi connectivity index (χ3v) is 13.3. The molecule has 6 aliphatic rings. The second kappa shape index (κ2) is 15.2. The minimum Gasteiger partial charge on any atom is -0.453 e. The van der Waals surface area contributed by atoms with Gasteiger partial charge in [0, 0.05) is 50.7 Å². The highest BCUT2D eigenvalue weighted by Gasteiger charge is 2.68. The fourth-order valence-corrected chi connectivity index (χ4v) is 9.99. The maximum absolute atomic E-state index is 13.7. The molecule has 12 nitrogen and oxygen atoms in total. The molecule has 6 fully saturated rings. The van der Waals surface area contributed by atoms with E-state index in [1.165, 1.54) is 7.11 Å². The number of piperazine rings is 1. The van der Waals surface area contributed by atoms with Crippen LogP contribution in [0.5, 0.6) is 0 Å². The van der Waals surface area contributed by atoms with E-state index in [0.29, 0.717) is 70.4 Å². The van der Waals surface area contributed by atoms with Crippen LogP contribution in [-0.2, 0) is 30.0 Å². The molecule has 3 aliphatic heterocycles. The molecule has 13 heteroatoms. The van der Waals surface area contributed by atoms with Crippen LogP contribution >= 0.6 is 0 Å². The fourth-order valence-electron chi connectivity index (χ4n) is 9.99. The molecule has 8 atom stereocenters. The zero-order valence-corrected chi connectivity index (χ0v) is 32.1. The Morgan fingerprint density at radius 3 is 2.44 bits per heavy atom. The van der Waals surface area contributed by atoms with Gasteiger partial charge in [-0.1, -0.05) is 51.1 Å². The summed E-state index contributed by atoms with van der Waals surface area (Å²) in [7, 11) is 0.806. The lowest BCUT2D eigenvalue weighted by Crippen LogP contribution is -2.65. The van der Waals surface area contributed by atoms with Crippen molar-refractivity contribution in [3.63, 3.8) is 0 Å². The molecule has 0 spiro atoms. The number of methoxy groups -OCH3 is 1. The van der Waals surface area contributed by atoms with Crippen LogP contribution < -0.4 is 5.32 Å². The van der Waals surface area contributed by atoms with Crippen molar-refractivity contribution in [2.24, 2.45) is 35.0 Å².